The van der Waals surface area contributed by atoms with Crippen LogP contribution in [0.1, 0.15) is 33.9 Å². The number of hydrogen-bond acceptors (Lipinski definition) is 11. The smallest absolute Gasteiger partial charge is 0.459 e. The Hall–Kier alpha value is -2.87. The first-order chi connectivity index (χ1) is 17.2. The van der Waals surface area contributed by atoms with Crippen molar-refractivity contribution in [1.29, 1.82) is 0 Å². The summed E-state index contributed by atoms with van der Waals surface area (Å²) < 4.78 is 51.7. The van der Waals surface area contributed by atoms with Crippen molar-refractivity contribution >= 4 is 19.5 Å². The number of para-hydroxylation sites is 1. The second-order valence-electron chi connectivity index (χ2n) is 9.08. The Kier molecular flexibility index (Phi) is 8.42. The van der Waals surface area contributed by atoms with Crippen molar-refractivity contribution in [2.24, 2.45) is 5.73 Å². The molecule has 1 aliphatic heterocycles. The van der Waals surface area contributed by atoms with Gasteiger partial charge in [-0.3, -0.25) is 13.9 Å². The number of ether oxygens (including phenoxy) is 2. The zero-order valence-corrected chi connectivity index (χ0v) is 21.6. The summed E-state index contributed by atoms with van der Waals surface area (Å²) in [6, 6.07) is 7.89. The highest BCUT2D eigenvalue weighted by molar-refractivity contribution is 7.52. The highest BCUT2D eigenvalue weighted by Crippen LogP contribution is 2.49. The van der Waals surface area contributed by atoms with Crippen LogP contribution < -0.4 is 26.8 Å². The lowest BCUT2D eigenvalue weighted by molar-refractivity contribution is -0.203. The summed E-state index contributed by atoms with van der Waals surface area (Å²) in [5, 5.41) is 13.1. The third kappa shape index (κ3) is 6.53. The lowest BCUT2D eigenvalue weighted by Gasteiger charge is -2.29. The second kappa shape index (κ2) is 10.9. The van der Waals surface area contributed by atoms with Crippen molar-refractivity contribution in [2.75, 3.05) is 12.3 Å². The fourth-order valence-electron chi connectivity index (χ4n) is 3.56. The molecule has 204 valence electrons. The molecule has 13 nitrogen and oxygen atoms in total. The molecule has 1 aromatic carbocycles. The number of halogens is 1. The van der Waals surface area contributed by atoms with Crippen LogP contribution in [-0.4, -0.2) is 56.9 Å². The van der Waals surface area contributed by atoms with Crippen LogP contribution >= 0.6 is 7.75 Å². The van der Waals surface area contributed by atoms with Crippen molar-refractivity contribution in [3.8, 4) is 5.75 Å². The molecule has 0 aliphatic carbocycles. The van der Waals surface area contributed by atoms with Gasteiger partial charge in [0.25, 0.3) is 5.85 Å². The molecule has 6 N–H and O–H groups in total. The summed E-state index contributed by atoms with van der Waals surface area (Å²) >= 11 is 0. The average molecular weight is 543 g/mol. The van der Waals surface area contributed by atoms with Gasteiger partial charge < -0.3 is 30.6 Å². The second-order valence-corrected chi connectivity index (χ2v) is 10.8. The van der Waals surface area contributed by atoms with E-state index in [0.717, 1.165) is 4.57 Å². The molecule has 0 radical (unpaired) electrons. The maximum absolute atomic E-state index is 16.0. The highest BCUT2D eigenvalue weighted by atomic mass is 31.2. The third-order valence-corrected chi connectivity index (χ3v) is 7.02. The quantitative estimate of drug-likeness (QED) is 0.248. The van der Waals surface area contributed by atoms with Crippen molar-refractivity contribution in [3.63, 3.8) is 0 Å². The Bertz CT molecular complexity index is 1210. The Labute approximate surface area is 212 Å². The number of rotatable bonds is 10. The van der Waals surface area contributed by atoms with Gasteiger partial charge in [-0.2, -0.15) is 10.1 Å². The van der Waals surface area contributed by atoms with Gasteiger partial charge in [-0.15, -0.1) is 0 Å². The number of nitrogen functional groups attached to an aromatic ring is 1. The van der Waals surface area contributed by atoms with Crippen molar-refractivity contribution < 1.29 is 37.4 Å². The van der Waals surface area contributed by atoms with E-state index < -0.39 is 61.9 Å². The van der Waals surface area contributed by atoms with Crippen LogP contribution in [0.2, 0.25) is 0 Å². The molecule has 0 bridgehead atoms. The van der Waals surface area contributed by atoms with E-state index in [9.17, 15) is 19.3 Å². The number of nitrogens with two attached hydrogens (primary N) is 2. The van der Waals surface area contributed by atoms with E-state index in [1.807, 2.05) is 0 Å². The van der Waals surface area contributed by atoms with Crippen molar-refractivity contribution in [3.05, 3.63) is 53.1 Å². The van der Waals surface area contributed by atoms with Gasteiger partial charge in [0.1, 0.15) is 30.3 Å². The van der Waals surface area contributed by atoms with E-state index in [1.165, 1.54) is 38.2 Å². The minimum atomic E-state index is -4.49. The Balaban J connectivity index is 1.85. The fourth-order valence-corrected chi connectivity index (χ4v) is 5.06. The molecule has 2 unspecified atom stereocenters. The normalized spacial score (nSPS) is 28.0. The summed E-state index contributed by atoms with van der Waals surface area (Å²) in [6.45, 7) is 4.73. The number of anilines is 1. The lowest BCUT2D eigenvalue weighted by Crippen LogP contribution is -2.55. The molecular weight excluding hydrogens is 512 g/mol. The van der Waals surface area contributed by atoms with Crippen LogP contribution in [0.4, 0.5) is 10.2 Å². The predicted molar refractivity (Wildman–Crippen MR) is 130 cm³/mol. The average Bonchev–Trinajstić information content (AvgIpc) is 2.98. The number of hydrogen-bond donors (Lipinski definition) is 4. The molecule has 6 atom stereocenters. The first-order valence-corrected chi connectivity index (χ1v) is 12.9. The number of alkyl halides is 1. The molecule has 2 aromatic rings. The van der Waals surface area contributed by atoms with Crippen LogP contribution in [-0.2, 0) is 23.4 Å². The number of aliphatic hydroxyl groups excluding tert-OH is 1. The van der Waals surface area contributed by atoms with Crippen LogP contribution in [0.15, 0.2) is 47.4 Å². The van der Waals surface area contributed by atoms with Gasteiger partial charge in [0.2, 0.25) is 0 Å². The summed E-state index contributed by atoms with van der Waals surface area (Å²) in [5.41, 5.74) is 8.89. The van der Waals surface area contributed by atoms with E-state index in [4.69, 9.17) is 30.0 Å². The van der Waals surface area contributed by atoms with Crippen LogP contribution in [0, 0.1) is 0 Å². The van der Waals surface area contributed by atoms with Crippen molar-refractivity contribution in [1.82, 2.24) is 14.6 Å². The molecule has 1 aromatic heterocycles. The molecule has 3 rings (SSSR count). The summed E-state index contributed by atoms with van der Waals surface area (Å²) in [7, 11) is -4.49. The highest BCUT2D eigenvalue weighted by Gasteiger charge is 2.62. The maximum Gasteiger partial charge on any atom is 0.459 e. The van der Waals surface area contributed by atoms with Gasteiger partial charge in [-0.25, -0.2) is 13.8 Å². The zero-order valence-electron chi connectivity index (χ0n) is 20.7. The SMILES string of the molecule is CC(C)OC(=O)[C@H](C)NP(=O)(OC[C@@]1(F)OC(n2ccc(N)nc2=O)[C@](C)(N)[C@@H]1O)Oc1ccccc1. The van der Waals surface area contributed by atoms with E-state index in [1.54, 1.807) is 32.0 Å². The molecule has 15 heteroatoms. The molecule has 2 heterocycles. The summed E-state index contributed by atoms with van der Waals surface area (Å²) in [5.74, 6) is -3.80. The van der Waals surface area contributed by atoms with E-state index in [-0.39, 0.29) is 11.6 Å². The van der Waals surface area contributed by atoms with Gasteiger partial charge in [0.15, 0.2) is 6.23 Å². The van der Waals surface area contributed by atoms with E-state index in [0.29, 0.717) is 0 Å². The molecule has 1 aliphatic rings. The van der Waals surface area contributed by atoms with Crippen LogP contribution in [0.25, 0.3) is 0 Å². The number of aromatic nitrogens is 2. The number of nitrogens with one attached hydrogen (secondary N) is 1. The van der Waals surface area contributed by atoms with Gasteiger partial charge >= 0.3 is 19.4 Å². The van der Waals surface area contributed by atoms with Crippen molar-refractivity contribution in [2.45, 2.75) is 63.6 Å². The first kappa shape index (κ1) is 28.7. The number of carbonyl (C=O) groups is 1. The molecule has 1 saturated heterocycles. The fraction of sp³-hybridized carbons (Fsp3) is 0.500. The van der Waals surface area contributed by atoms with Crippen LogP contribution in [0.3, 0.4) is 0 Å². The maximum atomic E-state index is 16.0. The number of esters is 1. The first-order valence-electron chi connectivity index (χ1n) is 11.3. The molecule has 37 heavy (non-hydrogen) atoms. The Morgan fingerprint density at radius 1 is 1.32 bits per heavy atom. The molecule has 0 spiro atoms. The number of aliphatic hydroxyl groups is 1. The van der Waals surface area contributed by atoms with E-state index >= 15 is 4.39 Å². The lowest BCUT2D eigenvalue weighted by atomic mass is 9.92. The molecule has 1 fully saturated rings. The molecule has 0 saturated carbocycles. The molecule has 0 amide bonds. The number of nitrogens with zero attached hydrogens (tertiary/aromatic N) is 2. The summed E-state index contributed by atoms with van der Waals surface area (Å²) in [6.07, 6.45) is -2.84. The minimum absolute atomic E-state index is 0.0800. The number of benzene rings is 1. The Morgan fingerprint density at radius 2 is 1.97 bits per heavy atom. The standard InChI is InChI=1S/C22H31FN5O8P/c1-13(2)34-17(29)14(3)27-37(32,36-15-8-6-5-7-9-15)33-12-22(23)18(30)21(4,25)19(35-22)28-11-10-16(24)26-20(28)31/h5-11,13-14,18-19,30H,12,25H2,1-4H3,(H,27,32)(H2,24,26,31)/t14-,18-,19?,21+,22+,37?/m0/s1. The van der Waals surface area contributed by atoms with Gasteiger partial charge in [-0.05, 0) is 45.9 Å². The monoisotopic (exact) mass is 543 g/mol. The number of carbonyl (C=O) groups excluding carboxylic acids is 1. The van der Waals surface area contributed by atoms with Crippen LogP contribution in [0.5, 0.6) is 5.75 Å². The third-order valence-electron chi connectivity index (χ3n) is 5.40. The van der Waals surface area contributed by atoms with E-state index in [2.05, 4.69) is 10.1 Å². The predicted octanol–water partition coefficient (Wildman–Crippen LogP) is 1.23. The van der Waals surface area contributed by atoms with Gasteiger partial charge in [0, 0.05) is 6.20 Å². The molecular formula is C22H31FN5O8P. The summed E-state index contributed by atoms with van der Waals surface area (Å²) in [4.78, 5) is 28.1. The minimum Gasteiger partial charge on any atom is -0.462 e. The largest absolute Gasteiger partial charge is 0.462 e. The Morgan fingerprint density at radius 3 is 2.57 bits per heavy atom. The van der Waals surface area contributed by atoms with Gasteiger partial charge in [-0.1, -0.05) is 18.2 Å². The topological polar surface area (TPSA) is 190 Å². The zero-order chi connectivity index (χ0) is 27.6. The van der Waals surface area contributed by atoms with Gasteiger partial charge in [0.05, 0.1) is 11.6 Å².